The molecule has 0 unspecified atom stereocenters. The van der Waals surface area contributed by atoms with Crippen molar-refractivity contribution in [2.75, 3.05) is 11.9 Å². The number of rotatable bonds is 4. The van der Waals surface area contributed by atoms with E-state index in [4.69, 9.17) is 4.74 Å². The summed E-state index contributed by atoms with van der Waals surface area (Å²) in [5.41, 5.74) is 3.83. The third-order valence-corrected chi connectivity index (χ3v) is 4.99. The molecule has 144 valence electrons. The molecule has 1 aliphatic heterocycles. The highest BCUT2D eigenvalue weighted by atomic mass is 16.5. The predicted molar refractivity (Wildman–Crippen MR) is 108 cm³/mol. The molecule has 0 fully saturated rings. The smallest absolute Gasteiger partial charge is 0.338 e. The van der Waals surface area contributed by atoms with Gasteiger partial charge in [-0.15, -0.1) is 0 Å². The van der Waals surface area contributed by atoms with Gasteiger partial charge in [-0.05, 0) is 29.0 Å². The lowest BCUT2D eigenvalue weighted by Gasteiger charge is -2.28. The van der Waals surface area contributed by atoms with Crippen LogP contribution in [0.4, 0.5) is 5.95 Å². The van der Waals surface area contributed by atoms with Gasteiger partial charge in [0.2, 0.25) is 5.95 Å². The van der Waals surface area contributed by atoms with Crippen LogP contribution in [0.2, 0.25) is 0 Å². The molecule has 0 saturated heterocycles. The zero-order valence-corrected chi connectivity index (χ0v) is 15.7. The SMILES string of the molecule is CCOC(=O)C1=C(c2ccccc2)Nc2nnnn2[C@@H]1c1c[nH]c2ccccc12. The van der Waals surface area contributed by atoms with Gasteiger partial charge < -0.3 is 15.0 Å². The van der Waals surface area contributed by atoms with Gasteiger partial charge in [-0.3, -0.25) is 0 Å². The van der Waals surface area contributed by atoms with E-state index in [1.165, 1.54) is 0 Å². The number of esters is 1. The predicted octanol–water partition coefficient (Wildman–Crippen LogP) is 3.14. The Balaban J connectivity index is 1.80. The molecule has 2 aromatic heterocycles. The summed E-state index contributed by atoms with van der Waals surface area (Å²) in [6, 6.07) is 17.0. The number of para-hydroxylation sites is 1. The van der Waals surface area contributed by atoms with Crippen LogP contribution in [-0.2, 0) is 9.53 Å². The maximum Gasteiger partial charge on any atom is 0.338 e. The molecule has 0 bridgehead atoms. The van der Waals surface area contributed by atoms with Crippen LogP contribution in [0.3, 0.4) is 0 Å². The minimum absolute atomic E-state index is 0.271. The number of hydrogen-bond donors (Lipinski definition) is 2. The summed E-state index contributed by atoms with van der Waals surface area (Å²) in [4.78, 5) is 16.4. The lowest BCUT2D eigenvalue weighted by molar-refractivity contribution is -0.138. The van der Waals surface area contributed by atoms with E-state index in [1.54, 1.807) is 11.6 Å². The van der Waals surface area contributed by atoms with Crippen LogP contribution >= 0.6 is 0 Å². The van der Waals surface area contributed by atoms with Crippen molar-refractivity contribution in [3.8, 4) is 0 Å². The molecule has 0 saturated carbocycles. The van der Waals surface area contributed by atoms with Gasteiger partial charge in [0.15, 0.2) is 0 Å². The van der Waals surface area contributed by atoms with Crippen LogP contribution in [0, 0.1) is 0 Å². The van der Waals surface area contributed by atoms with Crippen LogP contribution < -0.4 is 5.32 Å². The molecule has 0 amide bonds. The first-order chi connectivity index (χ1) is 14.3. The topological polar surface area (TPSA) is 97.7 Å². The highest BCUT2D eigenvalue weighted by molar-refractivity contribution is 6.03. The van der Waals surface area contributed by atoms with E-state index in [2.05, 4.69) is 25.8 Å². The first-order valence-corrected chi connectivity index (χ1v) is 9.35. The van der Waals surface area contributed by atoms with Crippen LogP contribution in [0.1, 0.15) is 24.1 Å². The van der Waals surface area contributed by atoms with E-state index in [0.717, 1.165) is 22.0 Å². The number of aromatic amines is 1. The molecular weight excluding hydrogens is 368 g/mol. The molecule has 0 aliphatic carbocycles. The number of tetrazole rings is 1. The standard InChI is InChI=1S/C21H18N6O2/c1-2-29-20(28)17-18(13-8-4-3-5-9-13)23-21-24-25-26-27(21)19(17)15-12-22-16-11-7-6-10-14(15)16/h3-12,19,22H,2H2,1H3,(H,23,24,26)/t19-/m1/s1. The number of H-pyrrole nitrogens is 1. The molecule has 8 heteroatoms. The summed E-state index contributed by atoms with van der Waals surface area (Å²) in [6.07, 6.45) is 1.90. The van der Waals surface area contributed by atoms with Crippen LogP contribution in [0.5, 0.6) is 0 Å². The van der Waals surface area contributed by atoms with Crippen molar-refractivity contribution in [2.45, 2.75) is 13.0 Å². The zero-order valence-electron chi connectivity index (χ0n) is 15.7. The monoisotopic (exact) mass is 386 g/mol. The molecule has 5 rings (SSSR count). The number of nitrogens with zero attached hydrogens (tertiary/aromatic N) is 4. The number of carbonyl (C=O) groups is 1. The maximum absolute atomic E-state index is 13.1. The lowest BCUT2D eigenvalue weighted by atomic mass is 9.92. The fourth-order valence-electron chi connectivity index (χ4n) is 3.75. The molecule has 1 aliphatic rings. The second-order valence-electron chi connectivity index (χ2n) is 6.64. The van der Waals surface area contributed by atoms with Crippen molar-refractivity contribution in [3.63, 3.8) is 0 Å². The number of nitrogens with one attached hydrogen (secondary N) is 2. The number of benzene rings is 2. The van der Waals surface area contributed by atoms with Crippen molar-refractivity contribution >= 4 is 28.5 Å². The molecule has 8 nitrogen and oxygen atoms in total. The van der Waals surface area contributed by atoms with Gasteiger partial charge in [0.1, 0.15) is 6.04 Å². The van der Waals surface area contributed by atoms with E-state index in [9.17, 15) is 4.79 Å². The number of ether oxygens (including phenoxy) is 1. The average Bonchev–Trinajstić information content (AvgIpc) is 3.40. The van der Waals surface area contributed by atoms with E-state index in [0.29, 0.717) is 17.2 Å². The first kappa shape index (κ1) is 17.2. The van der Waals surface area contributed by atoms with Gasteiger partial charge in [-0.25, -0.2) is 4.79 Å². The fourth-order valence-corrected chi connectivity index (χ4v) is 3.75. The van der Waals surface area contributed by atoms with Gasteiger partial charge in [0, 0.05) is 22.7 Å². The summed E-state index contributed by atoms with van der Waals surface area (Å²) in [6.45, 7) is 2.06. The van der Waals surface area contributed by atoms with Gasteiger partial charge in [0.25, 0.3) is 0 Å². The quantitative estimate of drug-likeness (QED) is 0.523. The normalized spacial score (nSPS) is 15.8. The minimum atomic E-state index is -0.536. The number of aromatic nitrogens is 5. The van der Waals surface area contributed by atoms with Gasteiger partial charge >= 0.3 is 5.97 Å². The van der Waals surface area contributed by atoms with Gasteiger partial charge in [-0.2, -0.15) is 4.68 Å². The third kappa shape index (κ3) is 2.77. The molecule has 4 aromatic rings. The maximum atomic E-state index is 13.1. The Kier molecular flexibility index (Phi) is 4.09. The molecule has 1 atom stereocenters. The molecular formula is C21H18N6O2. The minimum Gasteiger partial charge on any atom is -0.463 e. The number of carbonyl (C=O) groups excluding carboxylic acids is 1. The highest BCUT2D eigenvalue weighted by Crippen LogP contribution is 2.40. The summed E-state index contributed by atoms with van der Waals surface area (Å²) in [5, 5.41) is 16.3. The van der Waals surface area contributed by atoms with Crippen LogP contribution in [0.15, 0.2) is 66.4 Å². The Morgan fingerprint density at radius 1 is 1.14 bits per heavy atom. The highest BCUT2D eigenvalue weighted by Gasteiger charge is 2.37. The summed E-state index contributed by atoms with van der Waals surface area (Å²) in [7, 11) is 0. The molecule has 2 aromatic carbocycles. The number of anilines is 1. The van der Waals surface area contributed by atoms with E-state index in [-0.39, 0.29) is 6.61 Å². The van der Waals surface area contributed by atoms with E-state index in [1.807, 2.05) is 60.8 Å². The Labute approximate surface area is 166 Å². The Bertz CT molecular complexity index is 1220. The van der Waals surface area contributed by atoms with Crippen molar-refractivity contribution < 1.29 is 9.53 Å². The van der Waals surface area contributed by atoms with Gasteiger partial charge in [-0.1, -0.05) is 53.6 Å². The lowest BCUT2D eigenvalue weighted by Crippen LogP contribution is -2.29. The van der Waals surface area contributed by atoms with E-state index < -0.39 is 12.0 Å². The molecule has 0 radical (unpaired) electrons. The average molecular weight is 386 g/mol. The second kappa shape index (κ2) is 6.90. The number of fused-ring (bicyclic) bond motifs is 2. The summed E-state index contributed by atoms with van der Waals surface area (Å²) in [5.74, 6) is 0.0578. The molecule has 3 heterocycles. The fraction of sp³-hybridized carbons (Fsp3) is 0.143. The van der Waals surface area contributed by atoms with E-state index >= 15 is 0 Å². The largest absolute Gasteiger partial charge is 0.463 e. The van der Waals surface area contributed by atoms with Crippen LogP contribution in [-0.4, -0.2) is 37.8 Å². The van der Waals surface area contributed by atoms with Crippen molar-refractivity contribution in [3.05, 3.63) is 77.5 Å². The van der Waals surface area contributed by atoms with Crippen molar-refractivity contribution in [2.24, 2.45) is 0 Å². The zero-order chi connectivity index (χ0) is 19.8. The Morgan fingerprint density at radius 2 is 1.93 bits per heavy atom. The first-order valence-electron chi connectivity index (χ1n) is 9.35. The molecule has 2 N–H and O–H groups in total. The summed E-state index contributed by atoms with van der Waals surface area (Å²) >= 11 is 0. The summed E-state index contributed by atoms with van der Waals surface area (Å²) < 4.78 is 7.06. The van der Waals surface area contributed by atoms with Crippen molar-refractivity contribution in [1.29, 1.82) is 0 Å². The molecule has 29 heavy (non-hydrogen) atoms. The Hall–Kier alpha value is -3.94. The van der Waals surface area contributed by atoms with Gasteiger partial charge in [0.05, 0.1) is 17.9 Å². The second-order valence-corrected chi connectivity index (χ2v) is 6.64. The van der Waals surface area contributed by atoms with Crippen LogP contribution in [0.25, 0.3) is 16.6 Å². The Morgan fingerprint density at radius 3 is 2.76 bits per heavy atom. The third-order valence-electron chi connectivity index (χ3n) is 4.99. The molecule has 0 spiro atoms. The number of hydrogen-bond acceptors (Lipinski definition) is 6. The van der Waals surface area contributed by atoms with Crippen molar-refractivity contribution in [1.82, 2.24) is 25.2 Å².